The molecule has 33 heavy (non-hydrogen) atoms. The Morgan fingerprint density at radius 3 is 2.45 bits per heavy atom. The van der Waals surface area contributed by atoms with Gasteiger partial charge in [-0.3, -0.25) is 4.99 Å². The minimum atomic E-state index is 0. The van der Waals surface area contributed by atoms with Gasteiger partial charge in [-0.2, -0.15) is 0 Å². The Balaban J connectivity index is 0.00000306. The Kier molecular flexibility index (Phi) is 9.49. The first kappa shape index (κ1) is 25.0. The molecule has 2 aromatic heterocycles. The van der Waals surface area contributed by atoms with Crippen molar-refractivity contribution in [3.8, 4) is 11.5 Å². The number of oxazole rings is 1. The summed E-state index contributed by atoms with van der Waals surface area (Å²) in [4.78, 5) is 18.3. The van der Waals surface area contributed by atoms with E-state index in [1.54, 1.807) is 13.3 Å². The number of nitrogens with one attached hydrogen (secondary N) is 2. The first-order valence-corrected chi connectivity index (χ1v) is 11.1. The molecule has 3 heterocycles. The predicted octanol–water partition coefficient (Wildman–Crippen LogP) is 3.36. The molecule has 1 fully saturated rings. The molecule has 9 heteroatoms. The maximum Gasteiger partial charge on any atom is 0.226 e. The SMILES string of the molecule is CCN1CCN(c2ccc(CNC(=NC)NCc3coc(-c4ccccc4)n3)cn2)CC1.I. The van der Waals surface area contributed by atoms with E-state index >= 15 is 0 Å². The second-order valence-electron chi connectivity index (χ2n) is 7.74. The Morgan fingerprint density at radius 1 is 1.03 bits per heavy atom. The third-order valence-corrected chi connectivity index (χ3v) is 5.65. The van der Waals surface area contributed by atoms with Crippen LogP contribution < -0.4 is 15.5 Å². The Labute approximate surface area is 212 Å². The van der Waals surface area contributed by atoms with Crippen molar-refractivity contribution in [1.82, 2.24) is 25.5 Å². The van der Waals surface area contributed by atoms with Gasteiger partial charge in [0, 0.05) is 51.5 Å². The molecule has 4 rings (SSSR count). The number of piperazine rings is 1. The van der Waals surface area contributed by atoms with E-state index in [2.05, 4.69) is 54.5 Å². The van der Waals surface area contributed by atoms with Crippen LogP contribution in [0.2, 0.25) is 0 Å². The van der Waals surface area contributed by atoms with Gasteiger partial charge < -0.3 is 24.9 Å². The molecule has 0 spiro atoms. The minimum Gasteiger partial charge on any atom is -0.444 e. The molecule has 0 radical (unpaired) electrons. The van der Waals surface area contributed by atoms with E-state index in [0.29, 0.717) is 24.9 Å². The topological polar surface area (TPSA) is 81.8 Å². The monoisotopic (exact) mass is 561 g/mol. The Hall–Kier alpha value is -2.66. The third-order valence-electron chi connectivity index (χ3n) is 5.65. The van der Waals surface area contributed by atoms with Gasteiger partial charge in [0.15, 0.2) is 5.96 Å². The van der Waals surface area contributed by atoms with Crippen LogP contribution in [-0.2, 0) is 13.1 Å². The standard InChI is InChI=1S/C24H31N7O.HI/c1-3-30-11-13-31(14-12-30)22-10-9-19(15-26-22)16-27-24(25-2)28-17-21-18-32-23(29-21)20-7-5-4-6-8-20;/h4-10,15,18H,3,11-14,16-17H2,1-2H3,(H2,25,27,28);1H. The number of likely N-dealkylation sites (N-methyl/N-ethyl adjacent to an activating group) is 1. The number of pyridine rings is 1. The molecule has 3 aromatic rings. The molecule has 0 aliphatic carbocycles. The molecule has 0 unspecified atom stereocenters. The summed E-state index contributed by atoms with van der Waals surface area (Å²) in [5, 5.41) is 6.60. The first-order chi connectivity index (χ1) is 15.7. The van der Waals surface area contributed by atoms with Crippen molar-refractivity contribution < 1.29 is 4.42 Å². The molecule has 1 aromatic carbocycles. The number of nitrogens with zero attached hydrogens (tertiary/aromatic N) is 5. The highest BCUT2D eigenvalue weighted by Crippen LogP contribution is 2.18. The number of benzene rings is 1. The summed E-state index contributed by atoms with van der Waals surface area (Å²) in [7, 11) is 1.75. The van der Waals surface area contributed by atoms with Gasteiger partial charge in [-0.1, -0.05) is 31.2 Å². The van der Waals surface area contributed by atoms with E-state index in [1.807, 2.05) is 36.5 Å². The lowest BCUT2D eigenvalue weighted by atomic mass is 10.2. The van der Waals surface area contributed by atoms with Crippen molar-refractivity contribution in [3.63, 3.8) is 0 Å². The smallest absolute Gasteiger partial charge is 0.226 e. The van der Waals surface area contributed by atoms with Crippen molar-refractivity contribution >= 4 is 35.8 Å². The van der Waals surface area contributed by atoms with E-state index in [1.165, 1.54) is 0 Å². The van der Waals surface area contributed by atoms with E-state index in [0.717, 1.165) is 55.4 Å². The van der Waals surface area contributed by atoms with E-state index in [-0.39, 0.29) is 24.0 Å². The van der Waals surface area contributed by atoms with Crippen molar-refractivity contribution in [2.24, 2.45) is 4.99 Å². The first-order valence-electron chi connectivity index (χ1n) is 11.1. The quantitative estimate of drug-likeness (QED) is 0.260. The van der Waals surface area contributed by atoms with Crippen LogP contribution in [0, 0.1) is 0 Å². The minimum absolute atomic E-state index is 0. The van der Waals surface area contributed by atoms with Gasteiger partial charge in [0.25, 0.3) is 0 Å². The normalized spacial score (nSPS) is 14.6. The number of guanidine groups is 1. The van der Waals surface area contributed by atoms with Gasteiger partial charge >= 0.3 is 0 Å². The van der Waals surface area contributed by atoms with Crippen molar-refractivity contribution in [1.29, 1.82) is 0 Å². The number of halogens is 1. The van der Waals surface area contributed by atoms with Gasteiger partial charge in [-0.15, -0.1) is 24.0 Å². The van der Waals surface area contributed by atoms with Gasteiger partial charge in [0.05, 0.1) is 12.2 Å². The molecular formula is C24H32IN7O. The maximum absolute atomic E-state index is 5.59. The number of aliphatic imine (C=N–C) groups is 1. The van der Waals surface area contributed by atoms with E-state index < -0.39 is 0 Å². The molecule has 2 N–H and O–H groups in total. The number of rotatable bonds is 7. The highest BCUT2D eigenvalue weighted by Gasteiger charge is 2.16. The van der Waals surface area contributed by atoms with E-state index in [4.69, 9.17) is 4.42 Å². The summed E-state index contributed by atoms with van der Waals surface area (Å²) in [6.07, 6.45) is 3.61. The largest absolute Gasteiger partial charge is 0.444 e. The molecule has 1 aliphatic rings. The molecule has 0 bridgehead atoms. The van der Waals surface area contributed by atoms with E-state index in [9.17, 15) is 0 Å². The van der Waals surface area contributed by atoms with Crippen molar-refractivity contribution in [2.45, 2.75) is 20.0 Å². The fraction of sp³-hybridized carbons (Fsp3) is 0.375. The van der Waals surface area contributed by atoms with Crippen LogP contribution >= 0.6 is 24.0 Å². The summed E-state index contributed by atoms with van der Waals surface area (Å²) in [6.45, 7) is 8.76. The fourth-order valence-corrected chi connectivity index (χ4v) is 3.68. The molecule has 176 valence electrons. The molecular weight excluding hydrogens is 529 g/mol. The zero-order valence-electron chi connectivity index (χ0n) is 19.2. The van der Waals surface area contributed by atoms with Crippen LogP contribution in [0.5, 0.6) is 0 Å². The summed E-state index contributed by atoms with van der Waals surface area (Å²) in [5.41, 5.74) is 2.89. The average molecular weight is 561 g/mol. The second-order valence-corrected chi connectivity index (χ2v) is 7.74. The van der Waals surface area contributed by atoms with Gasteiger partial charge in [0.1, 0.15) is 12.1 Å². The van der Waals surface area contributed by atoms with Crippen LogP contribution in [0.1, 0.15) is 18.2 Å². The van der Waals surface area contributed by atoms with Gasteiger partial charge in [-0.05, 0) is 30.3 Å². The number of hydrogen-bond donors (Lipinski definition) is 2. The molecule has 8 nitrogen and oxygen atoms in total. The molecule has 0 saturated carbocycles. The van der Waals surface area contributed by atoms with Crippen LogP contribution in [0.3, 0.4) is 0 Å². The Bertz CT molecular complexity index is 999. The summed E-state index contributed by atoms with van der Waals surface area (Å²) < 4.78 is 5.59. The van der Waals surface area contributed by atoms with Crippen molar-refractivity contribution in [3.05, 3.63) is 66.2 Å². The van der Waals surface area contributed by atoms with Crippen LogP contribution in [0.4, 0.5) is 5.82 Å². The third kappa shape index (κ3) is 6.91. The molecule has 1 saturated heterocycles. The van der Waals surface area contributed by atoms with Crippen LogP contribution in [0.25, 0.3) is 11.5 Å². The summed E-state index contributed by atoms with van der Waals surface area (Å²) >= 11 is 0. The summed E-state index contributed by atoms with van der Waals surface area (Å²) in [5.74, 6) is 2.37. The Morgan fingerprint density at radius 2 is 1.79 bits per heavy atom. The zero-order chi connectivity index (χ0) is 22.2. The fourth-order valence-electron chi connectivity index (χ4n) is 3.68. The lowest BCUT2D eigenvalue weighted by Crippen LogP contribution is -2.46. The highest BCUT2D eigenvalue weighted by molar-refractivity contribution is 14.0. The average Bonchev–Trinajstić information content (AvgIpc) is 3.34. The van der Waals surface area contributed by atoms with Crippen molar-refractivity contribution in [2.75, 3.05) is 44.7 Å². The molecule has 1 aliphatic heterocycles. The number of hydrogen-bond acceptors (Lipinski definition) is 6. The zero-order valence-corrected chi connectivity index (χ0v) is 21.5. The lowest BCUT2D eigenvalue weighted by molar-refractivity contribution is 0.270. The highest BCUT2D eigenvalue weighted by atomic mass is 127. The summed E-state index contributed by atoms with van der Waals surface area (Å²) in [6, 6.07) is 14.1. The lowest BCUT2D eigenvalue weighted by Gasteiger charge is -2.34. The molecule has 0 amide bonds. The van der Waals surface area contributed by atoms with Gasteiger partial charge in [0.2, 0.25) is 5.89 Å². The second kappa shape index (κ2) is 12.5. The number of anilines is 1. The predicted molar refractivity (Wildman–Crippen MR) is 143 cm³/mol. The van der Waals surface area contributed by atoms with Crippen LogP contribution in [0.15, 0.2) is 64.3 Å². The number of aromatic nitrogens is 2. The maximum atomic E-state index is 5.59. The van der Waals surface area contributed by atoms with Crippen LogP contribution in [-0.4, -0.2) is 60.6 Å². The molecule has 0 atom stereocenters. The van der Waals surface area contributed by atoms with Gasteiger partial charge in [-0.25, -0.2) is 9.97 Å².